The molecule has 2 saturated heterocycles. The highest BCUT2D eigenvalue weighted by molar-refractivity contribution is 7.89. The van der Waals surface area contributed by atoms with Crippen LogP contribution in [-0.4, -0.2) is 85.2 Å². The Labute approximate surface area is 199 Å². The maximum Gasteiger partial charge on any atom is 0.243 e. The van der Waals surface area contributed by atoms with E-state index in [9.17, 15) is 18.0 Å². The Morgan fingerprint density at radius 2 is 1.65 bits per heavy atom. The van der Waals surface area contributed by atoms with Gasteiger partial charge in [0.15, 0.2) is 0 Å². The molecule has 34 heavy (non-hydrogen) atoms. The van der Waals surface area contributed by atoms with Gasteiger partial charge >= 0.3 is 0 Å². The van der Waals surface area contributed by atoms with E-state index < -0.39 is 10.0 Å². The van der Waals surface area contributed by atoms with Crippen LogP contribution in [0.1, 0.15) is 24.8 Å². The monoisotopic (exact) mass is 484 g/mol. The van der Waals surface area contributed by atoms with Crippen LogP contribution in [0.2, 0.25) is 0 Å². The van der Waals surface area contributed by atoms with E-state index in [-0.39, 0.29) is 29.7 Å². The highest BCUT2D eigenvalue weighted by Gasteiger charge is 2.32. The predicted molar refractivity (Wildman–Crippen MR) is 126 cm³/mol. The van der Waals surface area contributed by atoms with Crippen LogP contribution in [0, 0.1) is 0 Å². The van der Waals surface area contributed by atoms with Crippen molar-refractivity contribution in [3.63, 3.8) is 0 Å². The first-order chi connectivity index (χ1) is 16.4. The molecule has 0 aliphatic carbocycles. The maximum absolute atomic E-state index is 13.0. The largest absolute Gasteiger partial charge is 0.338 e. The molecule has 1 aromatic heterocycles. The van der Waals surface area contributed by atoms with E-state index in [0.29, 0.717) is 57.3 Å². The second-order valence-electron chi connectivity index (χ2n) is 8.80. The summed E-state index contributed by atoms with van der Waals surface area (Å²) in [6.45, 7) is 3.34. The van der Waals surface area contributed by atoms with Crippen molar-refractivity contribution in [2.45, 2.75) is 30.6 Å². The molecular weight excluding hydrogens is 456 g/mol. The molecule has 2 aromatic rings. The van der Waals surface area contributed by atoms with Gasteiger partial charge in [0.1, 0.15) is 6.54 Å². The molecule has 2 amide bonds. The number of carbonyl (C=O) groups excluding carboxylic acids is 2. The van der Waals surface area contributed by atoms with Gasteiger partial charge in [-0.1, -0.05) is 0 Å². The Balaban J connectivity index is 1.28. The molecule has 1 aromatic carbocycles. The molecule has 0 saturated carbocycles. The van der Waals surface area contributed by atoms with Crippen LogP contribution in [0.25, 0.3) is 0 Å². The molecule has 10 nitrogen and oxygen atoms in total. The smallest absolute Gasteiger partial charge is 0.243 e. The molecular formula is C23H28N6O4S. The summed E-state index contributed by atoms with van der Waals surface area (Å²) in [4.78, 5) is 39.8. The molecule has 0 radical (unpaired) electrons. The molecule has 0 N–H and O–H groups in total. The van der Waals surface area contributed by atoms with Gasteiger partial charge < -0.3 is 14.7 Å². The van der Waals surface area contributed by atoms with E-state index in [1.165, 1.54) is 9.21 Å². The van der Waals surface area contributed by atoms with E-state index in [1.54, 1.807) is 41.6 Å². The number of anilines is 2. The standard InChI is InChI=1S/C23H28N6O4S/c30-21-7-4-18-16-19(34(32,33)28-10-1-2-11-28)5-6-20(18)29(21)17-22(31)26-12-14-27(15-13-26)23-24-8-3-9-25-23/h3,5-6,8-9,16H,1-2,4,7,10-15,17H2. The molecule has 0 unspecified atom stereocenters. The Bertz CT molecular complexity index is 1180. The van der Waals surface area contributed by atoms with Crippen molar-refractivity contribution in [2.75, 3.05) is 55.6 Å². The fourth-order valence-corrected chi connectivity index (χ4v) is 6.36. The molecule has 0 spiro atoms. The van der Waals surface area contributed by atoms with Gasteiger partial charge in [0.05, 0.1) is 4.90 Å². The van der Waals surface area contributed by atoms with Gasteiger partial charge in [0.25, 0.3) is 0 Å². The number of aromatic nitrogens is 2. The highest BCUT2D eigenvalue weighted by Crippen LogP contribution is 2.32. The Morgan fingerprint density at radius 3 is 2.35 bits per heavy atom. The normalized spacial score (nSPS) is 19.4. The number of sulfonamides is 1. The molecule has 2 fully saturated rings. The van der Waals surface area contributed by atoms with Crippen LogP contribution in [0.3, 0.4) is 0 Å². The molecule has 3 aliphatic rings. The summed E-state index contributed by atoms with van der Waals surface area (Å²) >= 11 is 0. The maximum atomic E-state index is 13.0. The summed E-state index contributed by atoms with van der Waals surface area (Å²) in [5.41, 5.74) is 1.42. The summed E-state index contributed by atoms with van der Waals surface area (Å²) in [5.74, 6) is 0.408. The topological polar surface area (TPSA) is 107 Å². The Hall–Kier alpha value is -3.05. The summed E-state index contributed by atoms with van der Waals surface area (Å²) in [6, 6.07) is 6.67. The fraction of sp³-hybridized carbons (Fsp3) is 0.478. The SMILES string of the molecule is O=C(CN1C(=O)CCc2cc(S(=O)(=O)N3CCCC3)ccc21)N1CCN(c2ncccn2)CC1. The van der Waals surface area contributed by atoms with Crippen LogP contribution in [0.4, 0.5) is 11.6 Å². The Morgan fingerprint density at radius 1 is 0.941 bits per heavy atom. The fourth-order valence-electron chi connectivity index (χ4n) is 4.79. The van der Waals surface area contributed by atoms with Gasteiger partial charge in [-0.25, -0.2) is 18.4 Å². The number of piperazine rings is 1. The van der Waals surface area contributed by atoms with Crippen LogP contribution >= 0.6 is 0 Å². The zero-order valence-corrected chi connectivity index (χ0v) is 19.8. The minimum absolute atomic E-state index is 0.0497. The molecule has 3 aliphatic heterocycles. The number of hydrogen-bond donors (Lipinski definition) is 0. The van der Waals surface area contributed by atoms with Crippen molar-refractivity contribution in [3.05, 3.63) is 42.2 Å². The van der Waals surface area contributed by atoms with Crippen molar-refractivity contribution >= 4 is 33.5 Å². The van der Waals surface area contributed by atoms with Crippen molar-refractivity contribution in [1.82, 2.24) is 19.2 Å². The zero-order chi connectivity index (χ0) is 23.7. The van der Waals surface area contributed by atoms with E-state index >= 15 is 0 Å². The third-order valence-corrected chi connectivity index (χ3v) is 8.61. The summed E-state index contributed by atoms with van der Waals surface area (Å²) < 4.78 is 27.4. The third kappa shape index (κ3) is 4.37. The first-order valence-corrected chi connectivity index (χ1v) is 13.1. The third-order valence-electron chi connectivity index (χ3n) is 6.71. The van der Waals surface area contributed by atoms with Crippen molar-refractivity contribution in [1.29, 1.82) is 0 Å². The summed E-state index contributed by atoms with van der Waals surface area (Å²) in [5, 5.41) is 0. The lowest BCUT2D eigenvalue weighted by Gasteiger charge is -2.36. The highest BCUT2D eigenvalue weighted by atomic mass is 32.2. The number of hydrogen-bond acceptors (Lipinski definition) is 7. The number of nitrogens with zero attached hydrogens (tertiary/aromatic N) is 6. The van der Waals surface area contributed by atoms with Gasteiger partial charge in [-0.05, 0) is 49.1 Å². The minimum atomic E-state index is -3.53. The average molecular weight is 485 g/mol. The Kier molecular flexibility index (Phi) is 6.22. The van der Waals surface area contributed by atoms with Crippen molar-refractivity contribution < 1.29 is 18.0 Å². The minimum Gasteiger partial charge on any atom is -0.338 e. The molecule has 0 bridgehead atoms. The number of benzene rings is 1. The predicted octanol–water partition coefficient (Wildman–Crippen LogP) is 0.889. The quantitative estimate of drug-likeness (QED) is 0.620. The van der Waals surface area contributed by atoms with E-state index in [1.807, 2.05) is 4.90 Å². The number of rotatable bonds is 5. The number of carbonyl (C=O) groups is 2. The number of amides is 2. The second-order valence-corrected chi connectivity index (χ2v) is 10.7. The molecule has 11 heteroatoms. The summed E-state index contributed by atoms with van der Waals surface area (Å²) in [7, 11) is -3.53. The van der Waals surface area contributed by atoms with E-state index in [4.69, 9.17) is 0 Å². The molecule has 5 rings (SSSR count). The lowest BCUT2D eigenvalue weighted by Crippen LogP contribution is -2.52. The lowest BCUT2D eigenvalue weighted by atomic mass is 10.0. The summed E-state index contributed by atoms with van der Waals surface area (Å²) in [6.07, 6.45) is 5.87. The van der Waals surface area contributed by atoms with Gasteiger partial charge in [-0.2, -0.15) is 4.31 Å². The van der Waals surface area contributed by atoms with Crippen LogP contribution in [0.15, 0.2) is 41.6 Å². The van der Waals surface area contributed by atoms with E-state index in [2.05, 4.69) is 9.97 Å². The van der Waals surface area contributed by atoms with Gasteiger partial charge in [-0.15, -0.1) is 0 Å². The zero-order valence-electron chi connectivity index (χ0n) is 19.0. The van der Waals surface area contributed by atoms with Gasteiger partial charge in [-0.3, -0.25) is 9.59 Å². The lowest BCUT2D eigenvalue weighted by molar-refractivity contribution is -0.131. The molecule has 0 atom stereocenters. The van der Waals surface area contributed by atoms with Crippen molar-refractivity contribution in [3.8, 4) is 0 Å². The average Bonchev–Trinajstić information content (AvgIpc) is 3.42. The van der Waals surface area contributed by atoms with Crippen LogP contribution < -0.4 is 9.80 Å². The van der Waals surface area contributed by atoms with Crippen LogP contribution in [0.5, 0.6) is 0 Å². The number of fused-ring (bicyclic) bond motifs is 1. The second kappa shape index (κ2) is 9.30. The molecule has 4 heterocycles. The van der Waals surface area contributed by atoms with E-state index in [0.717, 1.165) is 18.4 Å². The molecule has 180 valence electrons. The van der Waals surface area contributed by atoms with Gasteiger partial charge in [0.2, 0.25) is 27.8 Å². The van der Waals surface area contributed by atoms with Crippen LogP contribution in [-0.2, 0) is 26.0 Å². The first-order valence-electron chi connectivity index (χ1n) is 11.7. The first kappa shape index (κ1) is 22.7. The van der Waals surface area contributed by atoms with Gasteiger partial charge in [0, 0.05) is 63.8 Å². The van der Waals surface area contributed by atoms with Crippen molar-refractivity contribution in [2.24, 2.45) is 0 Å². The number of aryl methyl sites for hydroxylation is 1.